The number of fused-ring (bicyclic) bond motifs is 1. The summed E-state index contributed by atoms with van der Waals surface area (Å²) in [5.74, 6) is -1.99. The molecule has 3 rings (SSSR count). The third kappa shape index (κ3) is 5.21. The van der Waals surface area contributed by atoms with Crippen molar-refractivity contribution >= 4 is 17.9 Å². The standard InChI is InChI=1S/C26H35NO6/c1-4-11-27-25(31)19-13-18(15-33-3)23(20(14-28)24(19)26(27)32)22(30)10-9-16(2)12-17-7-5-6-8-21(17)29/h5-8,12,19-20,22,24,28-30H,4,9-11,13-15H2,1-3H3/b16-12+/t19-,20+,22-,24-/m1/s1. The molecule has 7 nitrogen and oxygen atoms in total. The van der Waals surface area contributed by atoms with Crippen molar-refractivity contribution in [1.82, 2.24) is 4.90 Å². The second-order valence-electron chi connectivity index (χ2n) is 9.05. The van der Waals surface area contributed by atoms with Crippen LogP contribution in [0.2, 0.25) is 0 Å². The van der Waals surface area contributed by atoms with Gasteiger partial charge in [0.25, 0.3) is 0 Å². The number of hydrogen-bond donors (Lipinski definition) is 3. The molecule has 1 fully saturated rings. The number of amides is 2. The van der Waals surface area contributed by atoms with E-state index in [-0.39, 0.29) is 30.8 Å². The lowest BCUT2D eigenvalue weighted by molar-refractivity contribution is -0.140. The van der Waals surface area contributed by atoms with Crippen LogP contribution in [-0.2, 0) is 14.3 Å². The van der Waals surface area contributed by atoms with Crippen molar-refractivity contribution in [3.63, 3.8) is 0 Å². The summed E-state index contributed by atoms with van der Waals surface area (Å²) >= 11 is 0. The number of hydrogen-bond acceptors (Lipinski definition) is 6. The zero-order chi connectivity index (χ0) is 24.1. The van der Waals surface area contributed by atoms with Gasteiger partial charge in [-0.1, -0.05) is 36.8 Å². The molecule has 7 heteroatoms. The molecule has 0 unspecified atom stereocenters. The summed E-state index contributed by atoms with van der Waals surface area (Å²) in [6, 6.07) is 7.06. The highest BCUT2D eigenvalue weighted by Crippen LogP contribution is 2.46. The first-order chi connectivity index (χ1) is 15.8. The molecule has 0 bridgehead atoms. The third-order valence-electron chi connectivity index (χ3n) is 6.75. The molecule has 33 heavy (non-hydrogen) atoms. The number of phenolic OH excluding ortho intramolecular Hbond substituents is 1. The second-order valence-corrected chi connectivity index (χ2v) is 9.05. The van der Waals surface area contributed by atoms with E-state index in [2.05, 4.69) is 0 Å². The molecule has 0 radical (unpaired) electrons. The van der Waals surface area contributed by atoms with Gasteiger partial charge in [-0.2, -0.15) is 0 Å². The van der Waals surface area contributed by atoms with Crippen molar-refractivity contribution < 1.29 is 29.6 Å². The summed E-state index contributed by atoms with van der Waals surface area (Å²) in [6.45, 7) is 4.16. The van der Waals surface area contributed by atoms with Crippen molar-refractivity contribution in [3.8, 4) is 5.75 Å². The summed E-state index contributed by atoms with van der Waals surface area (Å²) in [7, 11) is 1.56. The van der Waals surface area contributed by atoms with Crippen LogP contribution in [0.5, 0.6) is 5.75 Å². The van der Waals surface area contributed by atoms with E-state index in [1.54, 1.807) is 19.2 Å². The summed E-state index contributed by atoms with van der Waals surface area (Å²) in [5.41, 5.74) is 3.13. The van der Waals surface area contributed by atoms with E-state index in [1.165, 1.54) is 4.90 Å². The van der Waals surface area contributed by atoms with Crippen molar-refractivity contribution in [1.29, 1.82) is 0 Å². The normalized spacial score (nSPS) is 24.5. The first kappa shape index (κ1) is 25.1. The van der Waals surface area contributed by atoms with Crippen molar-refractivity contribution in [2.24, 2.45) is 17.8 Å². The lowest BCUT2D eigenvalue weighted by atomic mass is 9.68. The zero-order valence-corrected chi connectivity index (χ0v) is 19.7. The third-order valence-corrected chi connectivity index (χ3v) is 6.75. The van der Waals surface area contributed by atoms with Gasteiger partial charge in [-0.25, -0.2) is 0 Å². The molecule has 2 amide bonds. The van der Waals surface area contributed by atoms with Crippen LogP contribution >= 0.6 is 0 Å². The van der Waals surface area contributed by atoms with Crippen molar-refractivity contribution in [2.45, 2.75) is 45.6 Å². The van der Waals surface area contributed by atoms with Crippen LogP contribution in [0.3, 0.4) is 0 Å². The quantitative estimate of drug-likeness (QED) is 0.368. The van der Waals surface area contributed by atoms with E-state index in [1.807, 2.05) is 32.1 Å². The maximum Gasteiger partial charge on any atom is 0.233 e. The Bertz CT molecular complexity index is 936. The zero-order valence-electron chi connectivity index (χ0n) is 19.7. The average Bonchev–Trinajstić information content (AvgIpc) is 3.03. The van der Waals surface area contributed by atoms with E-state index in [9.17, 15) is 24.9 Å². The minimum Gasteiger partial charge on any atom is -0.507 e. The van der Waals surface area contributed by atoms with E-state index in [0.29, 0.717) is 43.4 Å². The number of likely N-dealkylation sites (tertiary alicyclic amines) is 1. The van der Waals surface area contributed by atoms with Gasteiger partial charge in [0.05, 0.1) is 31.2 Å². The van der Waals surface area contributed by atoms with Gasteiger partial charge in [0.1, 0.15) is 5.75 Å². The van der Waals surface area contributed by atoms with Crippen LogP contribution in [0.25, 0.3) is 6.08 Å². The smallest absolute Gasteiger partial charge is 0.233 e. The number of rotatable bonds is 10. The van der Waals surface area contributed by atoms with Crippen LogP contribution in [0.15, 0.2) is 41.0 Å². The molecule has 1 saturated heterocycles. The number of nitrogens with zero attached hydrogens (tertiary/aromatic N) is 1. The number of methoxy groups -OCH3 is 1. The molecule has 180 valence electrons. The Morgan fingerprint density at radius 2 is 2.00 bits per heavy atom. The van der Waals surface area contributed by atoms with E-state index >= 15 is 0 Å². The van der Waals surface area contributed by atoms with E-state index < -0.39 is 23.9 Å². The van der Waals surface area contributed by atoms with Crippen LogP contribution in [0.1, 0.15) is 45.1 Å². The number of benzene rings is 1. The number of para-hydroxylation sites is 1. The number of ether oxygens (including phenoxy) is 1. The fourth-order valence-corrected chi connectivity index (χ4v) is 5.24. The molecular weight excluding hydrogens is 422 g/mol. The Morgan fingerprint density at radius 1 is 1.27 bits per heavy atom. The molecule has 0 saturated carbocycles. The average molecular weight is 458 g/mol. The Kier molecular flexibility index (Phi) is 8.46. The van der Waals surface area contributed by atoms with Gasteiger partial charge in [-0.05, 0) is 49.8 Å². The molecule has 1 heterocycles. The largest absolute Gasteiger partial charge is 0.507 e. The highest BCUT2D eigenvalue weighted by Gasteiger charge is 2.54. The predicted octanol–water partition coefficient (Wildman–Crippen LogP) is 2.90. The number of phenols is 1. The molecule has 0 spiro atoms. The van der Waals surface area contributed by atoms with Gasteiger partial charge in [0.2, 0.25) is 11.8 Å². The predicted molar refractivity (Wildman–Crippen MR) is 125 cm³/mol. The molecule has 1 aromatic rings. The number of aliphatic hydroxyl groups excluding tert-OH is 2. The van der Waals surface area contributed by atoms with E-state index in [4.69, 9.17) is 4.74 Å². The molecular formula is C26H35NO6. The Hall–Kier alpha value is -2.48. The fourth-order valence-electron chi connectivity index (χ4n) is 5.24. The van der Waals surface area contributed by atoms with Gasteiger partial charge >= 0.3 is 0 Å². The second kappa shape index (κ2) is 11.1. The number of carbonyl (C=O) groups excluding carboxylic acids is 2. The Morgan fingerprint density at radius 3 is 2.64 bits per heavy atom. The van der Waals surface area contributed by atoms with Crippen molar-refractivity contribution in [3.05, 3.63) is 46.5 Å². The minimum absolute atomic E-state index is 0.186. The van der Waals surface area contributed by atoms with Gasteiger partial charge in [-0.3, -0.25) is 14.5 Å². The van der Waals surface area contributed by atoms with Crippen LogP contribution in [-0.4, -0.2) is 65.0 Å². The number of aromatic hydroxyl groups is 1. The summed E-state index contributed by atoms with van der Waals surface area (Å²) in [5, 5.41) is 31.4. The van der Waals surface area contributed by atoms with Crippen LogP contribution in [0, 0.1) is 17.8 Å². The molecule has 3 N–H and O–H groups in total. The van der Waals surface area contributed by atoms with Gasteiger partial charge in [0.15, 0.2) is 0 Å². The lowest BCUT2D eigenvalue weighted by Crippen LogP contribution is -2.39. The molecule has 1 aliphatic carbocycles. The topological polar surface area (TPSA) is 107 Å². The maximum absolute atomic E-state index is 13.1. The van der Waals surface area contributed by atoms with Gasteiger partial charge < -0.3 is 20.1 Å². The lowest BCUT2D eigenvalue weighted by Gasteiger charge is -2.36. The number of carbonyl (C=O) groups is 2. The Labute approximate surface area is 195 Å². The minimum atomic E-state index is -0.871. The van der Waals surface area contributed by atoms with Gasteiger partial charge in [-0.15, -0.1) is 0 Å². The monoisotopic (exact) mass is 457 g/mol. The van der Waals surface area contributed by atoms with E-state index in [0.717, 1.165) is 11.1 Å². The number of aliphatic hydroxyl groups is 2. The first-order valence-electron chi connectivity index (χ1n) is 11.6. The summed E-state index contributed by atoms with van der Waals surface area (Å²) < 4.78 is 5.36. The molecule has 4 atom stereocenters. The van der Waals surface area contributed by atoms with Crippen molar-refractivity contribution in [2.75, 3.05) is 26.9 Å². The highest BCUT2D eigenvalue weighted by molar-refractivity contribution is 6.05. The van der Waals surface area contributed by atoms with Crippen LogP contribution in [0.4, 0.5) is 0 Å². The maximum atomic E-state index is 13.1. The first-order valence-corrected chi connectivity index (χ1v) is 11.6. The molecule has 1 aliphatic heterocycles. The van der Waals surface area contributed by atoms with Gasteiger partial charge in [0, 0.05) is 25.1 Å². The summed E-state index contributed by atoms with van der Waals surface area (Å²) in [6.07, 6.45) is 3.02. The number of allylic oxidation sites excluding steroid dienone is 1. The molecule has 1 aromatic carbocycles. The highest BCUT2D eigenvalue weighted by atomic mass is 16.5. The number of imide groups is 1. The van der Waals surface area contributed by atoms with Crippen LogP contribution < -0.4 is 0 Å². The SMILES string of the molecule is CCCN1C(=O)[C@@H]2[C@@H](CC(COC)=C([C@H](O)CC/C(C)=C/c3ccccc3O)[C@@H]2CO)C1=O. The summed E-state index contributed by atoms with van der Waals surface area (Å²) in [4.78, 5) is 27.3. The molecule has 0 aromatic heterocycles. The fraction of sp³-hybridized carbons (Fsp3) is 0.538. The molecule has 2 aliphatic rings. The Balaban J connectivity index is 1.83.